The Morgan fingerprint density at radius 3 is 2.55 bits per heavy atom. The van der Waals surface area contributed by atoms with Crippen LogP contribution in [0.4, 0.5) is 8.78 Å². The SMILES string of the molecule is O=C(NCc1ccc(F)cc1)c1ccc(COc2ccc3c(c2)C(c2cccc(F)c2)N(C(=O)C2CC2)CC3)o1. The van der Waals surface area contributed by atoms with E-state index in [1.807, 2.05) is 29.2 Å². The van der Waals surface area contributed by atoms with Gasteiger partial charge in [-0.1, -0.05) is 30.3 Å². The molecular weight excluding hydrogens is 514 g/mol. The van der Waals surface area contributed by atoms with E-state index in [4.69, 9.17) is 9.15 Å². The number of carbonyl (C=O) groups is 2. The largest absolute Gasteiger partial charge is 0.486 e. The van der Waals surface area contributed by atoms with Crippen molar-refractivity contribution in [2.75, 3.05) is 6.54 Å². The van der Waals surface area contributed by atoms with Gasteiger partial charge in [-0.2, -0.15) is 0 Å². The quantitative estimate of drug-likeness (QED) is 0.299. The normalized spacial score (nSPS) is 16.4. The summed E-state index contributed by atoms with van der Waals surface area (Å²) in [5.41, 5.74) is 3.52. The van der Waals surface area contributed by atoms with E-state index in [2.05, 4.69) is 5.32 Å². The van der Waals surface area contributed by atoms with Gasteiger partial charge in [0, 0.05) is 19.0 Å². The van der Waals surface area contributed by atoms with Crippen molar-refractivity contribution in [1.29, 1.82) is 0 Å². The number of hydrogen-bond donors (Lipinski definition) is 1. The van der Waals surface area contributed by atoms with Gasteiger partial charge in [-0.15, -0.1) is 0 Å². The molecule has 2 heterocycles. The molecule has 1 aromatic heterocycles. The number of furan rings is 1. The minimum atomic E-state index is -0.392. The van der Waals surface area contributed by atoms with Crippen molar-refractivity contribution in [2.24, 2.45) is 5.92 Å². The number of nitrogens with zero attached hydrogens (tertiary/aromatic N) is 1. The van der Waals surface area contributed by atoms with Gasteiger partial charge < -0.3 is 19.4 Å². The number of nitrogens with one attached hydrogen (secondary N) is 1. The van der Waals surface area contributed by atoms with Gasteiger partial charge in [0.1, 0.15) is 29.8 Å². The summed E-state index contributed by atoms with van der Waals surface area (Å²) in [6.45, 7) is 0.926. The van der Waals surface area contributed by atoms with Crippen LogP contribution in [0.2, 0.25) is 0 Å². The Balaban J connectivity index is 1.16. The Bertz CT molecular complexity index is 1540. The van der Waals surface area contributed by atoms with Crippen LogP contribution in [0.25, 0.3) is 0 Å². The smallest absolute Gasteiger partial charge is 0.287 e. The van der Waals surface area contributed by atoms with E-state index in [0.717, 1.165) is 35.1 Å². The minimum Gasteiger partial charge on any atom is -0.486 e. The molecule has 2 amide bonds. The molecule has 1 N–H and O–H groups in total. The highest BCUT2D eigenvalue weighted by molar-refractivity contribution is 5.91. The predicted octanol–water partition coefficient (Wildman–Crippen LogP) is 5.95. The molecule has 0 saturated heterocycles. The van der Waals surface area contributed by atoms with Gasteiger partial charge in [-0.25, -0.2) is 8.78 Å². The Morgan fingerprint density at radius 1 is 0.950 bits per heavy atom. The van der Waals surface area contributed by atoms with Crippen LogP contribution in [0, 0.1) is 17.6 Å². The molecule has 1 aliphatic heterocycles. The van der Waals surface area contributed by atoms with Gasteiger partial charge in [-0.05, 0) is 90.0 Å². The first kappa shape index (κ1) is 25.8. The fourth-order valence-electron chi connectivity index (χ4n) is 5.13. The van der Waals surface area contributed by atoms with Crippen molar-refractivity contribution in [3.8, 4) is 5.75 Å². The van der Waals surface area contributed by atoms with Crippen molar-refractivity contribution < 1.29 is 27.5 Å². The maximum atomic E-state index is 14.2. The Hall–Kier alpha value is -4.46. The first-order valence-corrected chi connectivity index (χ1v) is 13.4. The van der Waals surface area contributed by atoms with Crippen molar-refractivity contribution in [1.82, 2.24) is 10.2 Å². The average Bonchev–Trinajstić information content (AvgIpc) is 3.71. The first-order valence-electron chi connectivity index (χ1n) is 13.4. The highest BCUT2D eigenvalue weighted by Crippen LogP contribution is 2.41. The van der Waals surface area contributed by atoms with Crippen LogP contribution in [0.1, 0.15) is 57.5 Å². The lowest BCUT2D eigenvalue weighted by atomic mass is 9.87. The summed E-state index contributed by atoms with van der Waals surface area (Å²) >= 11 is 0. The van der Waals surface area contributed by atoms with E-state index in [-0.39, 0.29) is 48.3 Å². The molecule has 8 heteroatoms. The van der Waals surface area contributed by atoms with Gasteiger partial charge in [0.25, 0.3) is 5.91 Å². The first-order chi connectivity index (χ1) is 19.4. The van der Waals surface area contributed by atoms with Gasteiger partial charge in [0.05, 0.1) is 6.04 Å². The zero-order valence-electron chi connectivity index (χ0n) is 21.7. The number of fused-ring (bicyclic) bond motifs is 1. The van der Waals surface area contributed by atoms with Crippen LogP contribution in [0.15, 0.2) is 83.3 Å². The van der Waals surface area contributed by atoms with Crippen LogP contribution < -0.4 is 10.1 Å². The maximum Gasteiger partial charge on any atom is 0.287 e. The zero-order valence-corrected chi connectivity index (χ0v) is 21.7. The van der Waals surface area contributed by atoms with E-state index in [9.17, 15) is 18.4 Å². The van der Waals surface area contributed by atoms with Crippen LogP contribution in [0.3, 0.4) is 0 Å². The number of benzene rings is 3. The second kappa shape index (κ2) is 11.0. The fourth-order valence-corrected chi connectivity index (χ4v) is 5.13. The molecule has 6 nitrogen and oxygen atoms in total. The summed E-state index contributed by atoms with van der Waals surface area (Å²) in [4.78, 5) is 27.5. The molecule has 1 aliphatic carbocycles. The van der Waals surface area contributed by atoms with Crippen LogP contribution in [-0.2, 0) is 24.4 Å². The van der Waals surface area contributed by atoms with Crippen molar-refractivity contribution >= 4 is 11.8 Å². The molecule has 204 valence electrons. The monoisotopic (exact) mass is 542 g/mol. The number of rotatable bonds is 8. The molecule has 0 bridgehead atoms. The molecule has 1 unspecified atom stereocenters. The number of halogens is 2. The summed E-state index contributed by atoms with van der Waals surface area (Å²) < 4.78 is 39.0. The number of hydrogen-bond acceptors (Lipinski definition) is 4. The highest BCUT2D eigenvalue weighted by Gasteiger charge is 2.39. The van der Waals surface area contributed by atoms with Crippen LogP contribution in [0.5, 0.6) is 5.75 Å². The molecule has 3 aromatic carbocycles. The molecule has 0 spiro atoms. The summed E-state index contributed by atoms with van der Waals surface area (Å²) in [6.07, 6.45) is 2.52. The molecule has 0 radical (unpaired) electrons. The van der Waals surface area contributed by atoms with E-state index in [1.54, 1.807) is 30.3 Å². The van der Waals surface area contributed by atoms with Crippen molar-refractivity contribution in [3.63, 3.8) is 0 Å². The van der Waals surface area contributed by atoms with Gasteiger partial charge >= 0.3 is 0 Å². The third kappa shape index (κ3) is 5.61. The lowest BCUT2D eigenvalue weighted by Crippen LogP contribution is -2.41. The topological polar surface area (TPSA) is 71.8 Å². The van der Waals surface area contributed by atoms with Crippen molar-refractivity contribution in [2.45, 2.75) is 38.5 Å². The van der Waals surface area contributed by atoms with Gasteiger partial charge in [-0.3, -0.25) is 9.59 Å². The third-order valence-corrected chi connectivity index (χ3v) is 7.35. The molecule has 1 saturated carbocycles. The average molecular weight is 543 g/mol. The summed E-state index contributed by atoms with van der Waals surface area (Å²) in [5, 5.41) is 2.75. The van der Waals surface area contributed by atoms with E-state index < -0.39 is 6.04 Å². The molecular formula is C32H28F2N2O4. The number of carbonyl (C=O) groups excluding carboxylic acids is 2. The standard InChI is InChI=1S/C32H28F2N2O4/c33-24-9-4-20(5-10-24)18-35-31(37)29-13-12-27(40-29)19-39-26-11-8-21-14-15-36(32(38)22-6-7-22)30(28(21)17-26)23-2-1-3-25(34)16-23/h1-5,8-13,16-17,22,30H,6-7,14-15,18-19H2,(H,35,37). The molecule has 40 heavy (non-hydrogen) atoms. The second-order valence-electron chi connectivity index (χ2n) is 10.2. The molecule has 4 aromatic rings. The van der Waals surface area contributed by atoms with E-state index in [0.29, 0.717) is 24.5 Å². The van der Waals surface area contributed by atoms with E-state index >= 15 is 0 Å². The zero-order chi connectivity index (χ0) is 27.6. The molecule has 2 aliphatic rings. The highest BCUT2D eigenvalue weighted by atomic mass is 19.1. The van der Waals surface area contributed by atoms with Crippen molar-refractivity contribution in [3.05, 3.63) is 124 Å². The van der Waals surface area contributed by atoms with Gasteiger partial charge in [0.2, 0.25) is 5.91 Å². The Kier molecular flexibility index (Phi) is 7.07. The maximum absolute atomic E-state index is 14.2. The minimum absolute atomic E-state index is 0.0538. The Morgan fingerprint density at radius 2 is 1.77 bits per heavy atom. The lowest BCUT2D eigenvalue weighted by molar-refractivity contribution is -0.134. The van der Waals surface area contributed by atoms with E-state index in [1.165, 1.54) is 24.3 Å². The fraction of sp³-hybridized carbons (Fsp3) is 0.250. The third-order valence-electron chi connectivity index (χ3n) is 7.35. The lowest BCUT2D eigenvalue weighted by Gasteiger charge is -2.38. The summed E-state index contributed by atoms with van der Waals surface area (Å²) in [6, 6.07) is 21.0. The summed E-state index contributed by atoms with van der Waals surface area (Å²) in [5.74, 6) is 0.306. The van der Waals surface area contributed by atoms with Gasteiger partial charge in [0.15, 0.2) is 5.76 Å². The number of amides is 2. The number of ether oxygens (including phenoxy) is 1. The predicted molar refractivity (Wildman–Crippen MR) is 143 cm³/mol. The Labute approximate surface area is 230 Å². The molecule has 1 fully saturated rings. The van der Waals surface area contributed by atoms with Crippen LogP contribution in [-0.4, -0.2) is 23.3 Å². The molecule has 1 atom stereocenters. The van der Waals surface area contributed by atoms with Crippen LogP contribution >= 0.6 is 0 Å². The second-order valence-corrected chi connectivity index (χ2v) is 10.2. The molecule has 6 rings (SSSR count). The summed E-state index contributed by atoms with van der Waals surface area (Å²) in [7, 11) is 0.